The molecule has 3 aromatic carbocycles. The van der Waals surface area contributed by atoms with Gasteiger partial charge in [0.2, 0.25) is 5.90 Å². The molecule has 0 aromatic heterocycles. The Kier molecular flexibility index (Phi) is 7.39. The van der Waals surface area contributed by atoms with Gasteiger partial charge in [-0.3, -0.25) is 10.1 Å². The van der Waals surface area contributed by atoms with E-state index in [0.717, 1.165) is 5.56 Å². The lowest BCUT2D eigenvalue weighted by atomic mass is 10.1. The normalized spacial score (nSPS) is 14.0. The van der Waals surface area contributed by atoms with Gasteiger partial charge in [0.15, 0.2) is 17.2 Å². The highest BCUT2D eigenvalue weighted by molar-refractivity contribution is 9.10. The Balaban J connectivity index is 1.60. The average molecular weight is 578 g/mol. The summed E-state index contributed by atoms with van der Waals surface area (Å²) >= 11 is 15.3. The summed E-state index contributed by atoms with van der Waals surface area (Å²) in [5.74, 6) is 0.158. The lowest BCUT2D eigenvalue weighted by Crippen LogP contribution is -2.06. The SMILES string of the molecule is COc1cc(/C=C2\N=C(c3ccc(Cl)c([N+](=O)[O-])c3)OC2=O)cc(Br)c1OCc1ccc(Cl)cc1. The number of carbonyl (C=O) groups is 1. The van der Waals surface area contributed by atoms with Crippen LogP contribution in [-0.2, 0) is 16.1 Å². The number of benzene rings is 3. The zero-order chi connectivity index (χ0) is 25.1. The highest BCUT2D eigenvalue weighted by atomic mass is 79.9. The second-order valence-corrected chi connectivity index (χ2v) is 8.91. The van der Waals surface area contributed by atoms with Gasteiger partial charge in [-0.05, 0) is 69.5 Å². The zero-order valence-corrected chi connectivity index (χ0v) is 21.1. The van der Waals surface area contributed by atoms with Crippen LogP contribution >= 0.6 is 39.1 Å². The number of nitro benzene ring substituents is 1. The Bertz CT molecular complexity index is 1390. The van der Waals surface area contributed by atoms with Crippen LogP contribution in [0.2, 0.25) is 10.0 Å². The molecule has 8 nitrogen and oxygen atoms in total. The summed E-state index contributed by atoms with van der Waals surface area (Å²) in [7, 11) is 1.50. The van der Waals surface area contributed by atoms with Crippen LogP contribution in [0.1, 0.15) is 16.7 Å². The number of esters is 1. The predicted molar refractivity (Wildman–Crippen MR) is 135 cm³/mol. The maximum Gasteiger partial charge on any atom is 0.363 e. The Morgan fingerprint density at radius 3 is 2.57 bits per heavy atom. The van der Waals surface area contributed by atoms with Crippen molar-refractivity contribution in [3.8, 4) is 11.5 Å². The number of aliphatic imine (C=N–C) groups is 1. The highest BCUT2D eigenvalue weighted by Gasteiger charge is 2.26. The topological polar surface area (TPSA) is 100 Å². The fourth-order valence-electron chi connectivity index (χ4n) is 3.18. The minimum Gasteiger partial charge on any atom is -0.493 e. The summed E-state index contributed by atoms with van der Waals surface area (Å²) in [6, 6.07) is 14.7. The van der Waals surface area contributed by atoms with Crippen molar-refractivity contribution >= 4 is 62.8 Å². The van der Waals surface area contributed by atoms with Crippen molar-refractivity contribution in [3.05, 3.63) is 102 Å². The molecule has 178 valence electrons. The smallest absolute Gasteiger partial charge is 0.363 e. The Hall–Kier alpha value is -3.40. The first kappa shape index (κ1) is 24.7. The minimum atomic E-state index is -0.698. The van der Waals surface area contributed by atoms with Crippen LogP contribution in [0.4, 0.5) is 5.69 Å². The van der Waals surface area contributed by atoms with E-state index in [4.69, 9.17) is 37.4 Å². The molecular formula is C24H15BrCl2N2O6. The van der Waals surface area contributed by atoms with Crippen molar-refractivity contribution in [2.45, 2.75) is 6.61 Å². The van der Waals surface area contributed by atoms with Gasteiger partial charge in [0.25, 0.3) is 5.69 Å². The lowest BCUT2D eigenvalue weighted by Gasteiger charge is -2.14. The molecule has 0 N–H and O–H groups in total. The Morgan fingerprint density at radius 1 is 1.14 bits per heavy atom. The number of ether oxygens (including phenoxy) is 3. The van der Waals surface area contributed by atoms with Gasteiger partial charge in [0.1, 0.15) is 11.6 Å². The molecule has 0 radical (unpaired) electrons. The summed E-state index contributed by atoms with van der Waals surface area (Å²) in [4.78, 5) is 27.1. The molecule has 0 amide bonds. The maximum atomic E-state index is 12.4. The van der Waals surface area contributed by atoms with Crippen molar-refractivity contribution in [1.82, 2.24) is 0 Å². The zero-order valence-electron chi connectivity index (χ0n) is 18.0. The molecule has 0 atom stereocenters. The van der Waals surface area contributed by atoms with E-state index in [0.29, 0.717) is 33.2 Å². The number of rotatable bonds is 7. The van der Waals surface area contributed by atoms with Gasteiger partial charge in [-0.1, -0.05) is 35.3 Å². The molecular weight excluding hydrogens is 563 g/mol. The van der Waals surface area contributed by atoms with Crippen molar-refractivity contribution in [2.75, 3.05) is 7.11 Å². The van der Waals surface area contributed by atoms with E-state index in [1.54, 1.807) is 24.3 Å². The molecule has 0 saturated heterocycles. The number of carbonyl (C=O) groups excluding carboxylic acids is 1. The van der Waals surface area contributed by atoms with Crippen LogP contribution in [0.25, 0.3) is 6.08 Å². The quantitative estimate of drug-likeness (QED) is 0.136. The molecule has 4 rings (SSSR count). The van der Waals surface area contributed by atoms with E-state index >= 15 is 0 Å². The summed E-state index contributed by atoms with van der Waals surface area (Å²) in [5, 5.41) is 11.8. The van der Waals surface area contributed by atoms with E-state index in [9.17, 15) is 14.9 Å². The average Bonchev–Trinajstić information content (AvgIpc) is 3.19. The fraction of sp³-hybridized carbons (Fsp3) is 0.0833. The molecule has 1 aliphatic rings. The number of nitro groups is 1. The number of halogens is 3. The highest BCUT2D eigenvalue weighted by Crippen LogP contribution is 2.38. The molecule has 0 saturated carbocycles. The van der Waals surface area contributed by atoms with Gasteiger partial charge in [0, 0.05) is 16.7 Å². The number of hydrogen-bond donors (Lipinski definition) is 0. The summed E-state index contributed by atoms with van der Waals surface area (Å²) < 4.78 is 17.2. The molecule has 1 aliphatic heterocycles. The van der Waals surface area contributed by atoms with Crippen LogP contribution in [0.15, 0.2) is 69.8 Å². The van der Waals surface area contributed by atoms with Crippen LogP contribution in [-0.4, -0.2) is 23.9 Å². The van der Waals surface area contributed by atoms with E-state index in [1.165, 1.54) is 31.4 Å². The van der Waals surface area contributed by atoms with Crippen LogP contribution in [0.5, 0.6) is 11.5 Å². The number of cyclic esters (lactones) is 1. The number of methoxy groups -OCH3 is 1. The van der Waals surface area contributed by atoms with Gasteiger partial charge in [-0.25, -0.2) is 9.79 Å². The molecule has 0 spiro atoms. The molecule has 1 heterocycles. The molecule has 0 bridgehead atoms. The van der Waals surface area contributed by atoms with Gasteiger partial charge in [0.05, 0.1) is 16.5 Å². The first-order valence-electron chi connectivity index (χ1n) is 9.97. The molecule has 35 heavy (non-hydrogen) atoms. The summed E-state index contributed by atoms with van der Waals surface area (Å²) in [6.45, 7) is 0.291. The van der Waals surface area contributed by atoms with Crippen LogP contribution in [0.3, 0.4) is 0 Å². The summed E-state index contributed by atoms with van der Waals surface area (Å²) in [6.07, 6.45) is 1.51. The Labute approximate surface area is 218 Å². The molecule has 0 aliphatic carbocycles. The number of nitrogens with zero attached hydrogens (tertiary/aromatic N) is 2. The summed E-state index contributed by atoms with van der Waals surface area (Å²) in [5.41, 5.74) is 1.46. The van der Waals surface area contributed by atoms with E-state index in [2.05, 4.69) is 20.9 Å². The fourth-order valence-corrected chi connectivity index (χ4v) is 4.06. The van der Waals surface area contributed by atoms with E-state index < -0.39 is 10.9 Å². The molecule has 0 fully saturated rings. The van der Waals surface area contributed by atoms with Crippen molar-refractivity contribution in [1.29, 1.82) is 0 Å². The first-order chi connectivity index (χ1) is 16.7. The monoisotopic (exact) mass is 576 g/mol. The predicted octanol–water partition coefficient (Wildman–Crippen LogP) is 6.60. The molecule has 11 heteroatoms. The van der Waals surface area contributed by atoms with Crippen LogP contribution < -0.4 is 9.47 Å². The molecule has 0 unspecified atom stereocenters. The maximum absolute atomic E-state index is 12.4. The van der Waals surface area contributed by atoms with Gasteiger partial charge < -0.3 is 14.2 Å². The first-order valence-corrected chi connectivity index (χ1v) is 11.5. The van der Waals surface area contributed by atoms with Crippen molar-refractivity contribution < 1.29 is 23.9 Å². The third-order valence-corrected chi connectivity index (χ3v) is 6.02. The van der Waals surface area contributed by atoms with E-state index in [-0.39, 0.29) is 27.9 Å². The Morgan fingerprint density at radius 2 is 1.89 bits per heavy atom. The van der Waals surface area contributed by atoms with Gasteiger partial charge in [-0.2, -0.15) is 0 Å². The minimum absolute atomic E-state index is 0.0152. The third kappa shape index (κ3) is 5.64. The standard InChI is InChI=1S/C24H15BrCl2N2O6/c1-33-21-10-14(8-17(25)22(21)34-12-13-2-5-16(26)6-3-13)9-19-24(30)35-23(28-19)15-4-7-18(27)20(11-15)29(31)32/h2-11H,12H2,1H3/b19-9-. The lowest BCUT2D eigenvalue weighted by molar-refractivity contribution is -0.384. The second-order valence-electron chi connectivity index (χ2n) is 7.21. The second kappa shape index (κ2) is 10.5. The van der Waals surface area contributed by atoms with Gasteiger partial charge in [-0.15, -0.1) is 0 Å². The largest absolute Gasteiger partial charge is 0.493 e. The van der Waals surface area contributed by atoms with Crippen LogP contribution in [0, 0.1) is 10.1 Å². The third-order valence-electron chi connectivity index (χ3n) is 4.86. The molecule has 3 aromatic rings. The van der Waals surface area contributed by atoms with Crippen molar-refractivity contribution in [3.63, 3.8) is 0 Å². The van der Waals surface area contributed by atoms with Crippen molar-refractivity contribution in [2.24, 2.45) is 4.99 Å². The van der Waals surface area contributed by atoms with Gasteiger partial charge >= 0.3 is 5.97 Å². The van der Waals surface area contributed by atoms with E-state index in [1.807, 2.05) is 12.1 Å². The number of hydrogen-bond acceptors (Lipinski definition) is 7.